The van der Waals surface area contributed by atoms with Crippen LogP contribution in [0.25, 0.3) is 0 Å². The fourth-order valence-corrected chi connectivity index (χ4v) is 4.90. The van der Waals surface area contributed by atoms with E-state index >= 15 is 0 Å². The van der Waals surface area contributed by atoms with E-state index in [9.17, 15) is 4.79 Å². The highest BCUT2D eigenvalue weighted by atomic mass is 16.5. The van der Waals surface area contributed by atoms with Crippen molar-refractivity contribution in [1.29, 1.82) is 0 Å². The first-order valence-electron chi connectivity index (χ1n) is 8.89. The molecule has 3 nitrogen and oxygen atoms in total. The summed E-state index contributed by atoms with van der Waals surface area (Å²) >= 11 is 0. The average molecular weight is 291 g/mol. The second kappa shape index (κ2) is 6.85. The summed E-state index contributed by atoms with van der Waals surface area (Å²) in [4.78, 5) is 11.6. The van der Waals surface area contributed by atoms with Crippen molar-refractivity contribution in [2.45, 2.75) is 58.3 Å². The van der Waals surface area contributed by atoms with Crippen molar-refractivity contribution in [3.63, 3.8) is 0 Å². The Bertz CT molecular complexity index is 404. The monoisotopic (exact) mass is 291 g/mol. The van der Waals surface area contributed by atoms with Gasteiger partial charge in [-0.25, -0.2) is 4.79 Å². The quantitative estimate of drug-likeness (QED) is 0.561. The lowest BCUT2D eigenvalue weighted by molar-refractivity contribution is 0.145. The molecule has 4 unspecified atom stereocenters. The maximum absolute atomic E-state index is 11.6. The predicted octanol–water partition coefficient (Wildman–Crippen LogP) is 4.29. The zero-order valence-corrected chi connectivity index (χ0v) is 13.3. The number of rotatable bonds is 7. The second-order valence-corrected chi connectivity index (χ2v) is 7.06. The van der Waals surface area contributed by atoms with Gasteiger partial charge in [0.25, 0.3) is 0 Å². The van der Waals surface area contributed by atoms with Crippen molar-refractivity contribution < 1.29 is 9.53 Å². The maximum atomic E-state index is 11.6. The molecule has 0 aromatic rings. The molecule has 0 spiro atoms. The van der Waals surface area contributed by atoms with E-state index in [-0.39, 0.29) is 6.09 Å². The van der Waals surface area contributed by atoms with Crippen molar-refractivity contribution in [1.82, 2.24) is 5.32 Å². The molecule has 21 heavy (non-hydrogen) atoms. The van der Waals surface area contributed by atoms with Gasteiger partial charge in [0.2, 0.25) is 0 Å². The largest absolute Gasteiger partial charge is 0.449 e. The smallest absolute Gasteiger partial charge is 0.407 e. The van der Waals surface area contributed by atoms with Crippen LogP contribution in [0.1, 0.15) is 58.3 Å². The highest BCUT2D eigenvalue weighted by molar-refractivity contribution is 5.67. The number of hydrogen-bond donors (Lipinski definition) is 1. The molecule has 0 saturated heterocycles. The molecule has 4 atom stereocenters. The van der Waals surface area contributed by atoms with Crippen LogP contribution in [-0.4, -0.2) is 19.2 Å². The fraction of sp³-hybridized carbons (Fsp3) is 0.833. The molecule has 1 N–H and O–H groups in total. The Morgan fingerprint density at radius 2 is 2.19 bits per heavy atom. The Labute approximate surface area is 128 Å². The second-order valence-electron chi connectivity index (χ2n) is 7.06. The van der Waals surface area contributed by atoms with Gasteiger partial charge < -0.3 is 10.1 Å². The lowest BCUT2D eigenvalue weighted by atomic mass is 9.78. The van der Waals surface area contributed by atoms with E-state index in [2.05, 4.69) is 18.3 Å². The van der Waals surface area contributed by atoms with Crippen LogP contribution in [0.2, 0.25) is 0 Å². The molecule has 1 amide bonds. The number of nitrogens with one attached hydrogen (secondary N) is 1. The molecule has 118 valence electrons. The predicted molar refractivity (Wildman–Crippen MR) is 84.0 cm³/mol. The van der Waals surface area contributed by atoms with Gasteiger partial charge in [0.1, 0.15) is 0 Å². The van der Waals surface area contributed by atoms with Gasteiger partial charge >= 0.3 is 6.09 Å². The van der Waals surface area contributed by atoms with E-state index in [1.165, 1.54) is 38.5 Å². The summed E-state index contributed by atoms with van der Waals surface area (Å²) in [5, 5.41) is 2.84. The van der Waals surface area contributed by atoms with Crippen LogP contribution < -0.4 is 5.32 Å². The summed E-state index contributed by atoms with van der Waals surface area (Å²) in [5.74, 6) is 3.70. The fourth-order valence-electron chi connectivity index (χ4n) is 4.90. The molecular formula is C18H29NO2. The Morgan fingerprint density at radius 3 is 3.05 bits per heavy atom. The first-order valence-corrected chi connectivity index (χ1v) is 8.89. The van der Waals surface area contributed by atoms with E-state index in [1.807, 2.05) is 0 Å². The minimum atomic E-state index is -0.241. The molecule has 0 heterocycles. The Balaban J connectivity index is 1.34. The topological polar surface area (TPSA) is 38.3 Å². The van der Waals surface area contributed by atoms with Crippen LogP contribution in [0.4, 0.5) is 4.79 Å². The van der Waals surface area contributed by atoms with Crippen LogP contribution in [-0.2, 0) is 4.74 Å². The molecule has 2 saturated carbocycles. The average Bonchev–Trinajstić information content (AvgIpc) is 3.17. The number of hydrogen-bond acceptors (Lipinski definition) is 2. The molecule has 3 aliphatic carbocycles. The zero-order valence-electron chi connectivity index (χ0n) is 13.3. The molecule has 3 heteroatoms. The lowest BCUT2D eigenvalue weighted by Crippen LogP contribution is -2.26. The maximum Gasteiger partial charge on any atom is 0.407 e. The van der Waals surface area contributed by atoms with E-state index < -0.39 is 0 Å². The van der Waals surface area contributed by atoms with Crippen molar-refractivity contribution in [3.8, 4) is 0 Å². The molecule has 0 aromatic heterocycles. The molecule has 2 bridgehead atoms. The number of carbonyl (C=O) groups is 1. The molecule has 3 aliphatic rings. The number of amides is 1. The van der Waals surface area contributed by atoms with Crippen molar-refractivity contribution in [2.24, 2.45) is 23.7 Å². The molecule has 2 fully saturated rings. The third-order valence-electron chi connectivity index (χ3n) is 5.84. The molecule has 0 aromatic carbocycles. The third-order valence-corrected chi connectivity index (χ3v) is 5.84. The third kappa shape index (κ3) is 3.27. The Hall–Kier alpha value is -0.990. The number of unbranched alkanes of at least 4 members (excludes halogenated alkanes) is 2. The molecule has 3 rings (SSSR count). The van der Waals surface area contributed by atoms with Crippen LogP contribution in [0, 0.1) is 23.7 Å². The first-order chi connectivity index (χ1) is 10.3. The van der Waals surface area contributed by atoms with Gasteiger partial charge in [-0.1, -0.05) is 31.4 Å². The minimum Gasteiger partial charge on any atom is -0.449 e. The summed E-state index contributed by atoms with van der Waals surface area (Å²) in [6.07, 6.45) is 12.2. The van der Waals surface area contributed by atoms with Crippen LogP contribution in [0.3, 0.4) is 0 Å². The van der Waals surface area contributed by atoms with Crippen LogP contribution in [0.15, 0.2) is 11.6 Å². The van der Waals surface area contributed by atoms with Gasteiger partial charge in [-0.05, 0) is 55.8 Å². The van der Waals surface area contributed by atoms with E-state index in [0.717, 1.165) is 43.1 Å². The Morgan fingerprint density at radius 1 is 1.33 bits per heavy atom. The molecular weight excluding hydrogens is 262 g/mol. The van der Waals surface area contributed by atoms with Crippen LogP contribution in [0.5, 0.6) is 0 Å². The van der Waals surface area contributed by atoms with Gasteiger partial charge in [-0.15, -0.1) is 0 Å². The van der Waals surface area contributed by atoms with Crippen molar-refractivity contribution in [3.05, 3.63) is 11.6 Å². The number of fused-ring (bicyclic) bond motifs is 5. The molecule has 0 radical (unpaired) electrons. The van der Waals surface area contributed by atoms with Crippen LogP contribution >= 0.6 is 0 Å². The lowest BCUT2D eigenvalue weighted by Gasteiger charge is -2.27. The number of carbonyl (C=O) groups excluding carboxylic acids is 1. The highest BCUT2D eigenvalue weighted by Gasteiger charge is 2.50. The van der Waals surface area contributed by atoms with Gasteiger partial charge in [0.15, 0.2) is 0 Å². The van der Waals surface area contributed by atoms with Gasteiger partial charge in [0.05, 0.1) is 6.61 Å². The van der Waals surface area contributed by atoms with E-state index in [0.29, 0.717) is 6.61 Å². The zero-order chi connectivity index (χ0) is 14.7. The standard InChI is InChI=1S/C18H29NO2/c1-2-3-4-10-19-18(20)21-11-9-13-7-8-16-14-5-6-15(12-14)17(13)16/h7,14-17H,2-6,8-12H2,1H3,(H,19,20). The Kier molecular flexibility index (Phi) is 4.87. The number of alkyl carbamates (subject to hydrolysis) is 1. The number of ether oxygens (including phenoxy) is 1. The summed E-state index contributed by atoms with van der Waals surface area (Å²) in [6.45, 7) is 3.45. The highest BCUT2D eigenvalue weighted by Crippen LogP contribution is 2.59. The van der Waals surface area contributed by atoms with Crippen molar-refractivity contribution >= 4 is 6.09 Å². The van der Waals surface area contributed by atoms with E-state index in [1.54, 1.807) is 5.57 Å². The first kappa shape index (κ1) is 14.9. The SMILES string of the molecule is CCCCCNC(=O)OCCC1=CCC2C3CCC(C3)C12. The molecule has 0 aliphatic heterocycles. The van der Waals surface area contributed by atoms with Gasteiger partial charge in [-0.2, -0.15) is 0 Å². The van der Waals surface area contributed by atoms with Gasteiger partial charge in [-0.3, -0.25) is 0 Å². The summed E-state index contributed by atoms with van der Waals surface area (Å²) < 4.78 is 5.32. The minimum absolute atomic E-state index is 0.241. The van der Waals surface area contributed by atoms with Crippen molar-refractivity contribution in [2.75, 3.05) is 13.2 Å². The van der Waals surface area contributed by atoms with E-state index in [4.69, 9.17) is 4.74 Å². The summed E-state index contributed by atoms with van der Waals surface area (Å²) in [7, 11) is 0. The summed E-state index contributed by atoms with van der Waals surface area (Å²) in [6, 6.07) is 0. The van der Waals surface area contributed by atoms with Gasteiger partial charge in [0, 0.05) is 13.0 Å². The number of allylic oxidation sites excluding steroid dienone is 1. The normalized spacial score (nSPS) is 32.9. The summed E-state index contributed by atoms with van der Waals surface area (Å²) in [5.41, 5.74) is 1.59.